The molecule has 0 aromatic heterocycles. The van der Waals surface area contributed by atoms with E-state index in [2.05, 4.69) is 11.4 Å². The molecule has 78 valence electrons. The number of nitrogens with two attached hydrogens (primary N) is 1. The van der Waals surface area contributed by atoms with Crippen molar-refractivity contribution < 1.29 is 14.3 Å². The lowest BCUT2D eigenvalue weighted by Crippen LogP contribution is -2.24. The number of ketones is 1. The van der Waals surface area contributed by atoms with E-state index in [1.165, 1.54) is 0 Å². The second-order valence-corrected chi connectivity index (χ2v) is 2.76. The highest BCUT2D eigenvalue weighted by atomic mass is 16.5. The van der Waals surface area contributed by atoms with Crippen molar-refractivity contribution in [3.05, 3.63) is 17.9 Å². The van der Waals surface area contributed by atoms with E-state index in [0.717, 1.165) is 6.21 Å². The van der Waals surface area contributed by atoms with Crippen LogP contribution in [0.15, 0.2) is 12.3 Å². The molecule has 0 unspecified atom stereocenters. The van der Waals surface area contributed by atoms with Crippen molar-refractivity contribution in [3.63, 3.8) is 0 Å². The van der Waals surface area contributed by atoms with Crippen LogP contribution in [0.25, 0.3) is 5.53 Å². The number of carbonyl (C=O) groups excluding carboxylic acids is 1. The second-order valence-electron chi connectivity index (χ2n) is 2.76. The number of hydrogen-bond acceptors (Lipinski definition) is 3. The van der Waals surface area contributed by atoms with E-state index in [1.54, 1.807) is 0 Å². The Balaban J connectivity index is 3.83. The van der Waals surface area contributed by atoms with Gasteiger partial charge in [-0.1, -0.05) is 6.58 Å². The zero-order chi connectivity index (χ0) is 11.0. The number of ether oxygens (including phenoxy) is 1. The molecule has 0 saturated heterocycles. The molecule has 0 saturated carbocycles. The van der Waals surface area contributed by atoms with Gasteiger partial charge in [0.2, 0.25) is 5.78 Å². The third kappa shape index (κ3) is 5.24. The molecular formula is C9H15N3O2. The molecule has 0 aliphatic carbocycles. The van der Waals surface area contributed by atoms with Gasteiger partial charge >= 0.3 is 6.21 Å². The fraction of sp³-hybridized carbons (Fsp3) is 0.556. The molecule has 0 spiro atoms. The first-order valence-electron chi connectivity index (χ1n) is 4.39. The Labute approximate surface area is 83.2 Å². The lowest BCUT2D eigenvalue weighted by Gasteiger charge is -2.13. The van der Waals surface area contributed by atoms with Crippen LogP contribution in [-0.2, 0) is 9.53 Å². The van der Waals surface area contributed by atoms with E-state index < -0.39 is 0 Å². The predicted octanol–water partition coefficient (Wildman–Crippen LogP) is 0.514. The maximum absolute atomic E-state index is 10.9. The molecule has 5 heteroatoms. The van der Waals surface area contributed by atoms with Crippen LogP contribution < -0.4 is 5.73 Å². The topological polar surface area (TPSA) is 88.7 Å². The van der Waals surface area contributed by atoms with E-state index in [-0.39, 0.29) is 18.2 Å². The Morgan fingerprint density at radius 3 is 2.93 bits per heavy atom. The largest absolute Gasteiger partial charge is 0.497 e. The Morgan fingerprint density at radius 2 is 2.43 bits per heavy atom. The fourth-order valence-corrected chi connectivity index (χ4v) is 0.880. The van der Waals surface area contributed by atoms with E-state index in [4.69, 9.17) is 16.0 Å². The molecule has 0 radical (unpaired) electrons. The zero-order valence-corrected chi connectivity index (χ0v) is 8.27. The molecule has 0 aromatic rings. The summed E-state index contributed by atoms with van der Waals surface area (Å²) in [4.78, 5) is 13.5. The van der Waals surface area contributed by atoms with Crippen molar-refractivity contribution in [1.29, 1.82) is 0 Å². The summed E-state index contributed by atoms with van der Waals surface area (Å²) in [5.74, 6) is 0.202. The first kappa shape index (κ1) is 12.6. The fourth-order valence-electron chi connectivity index (χ4n) is 0.880. The lowest BCUT2D eigenvalue weighted by atomic mass is 10.1. The Bertz CT molecular complexity index is 257. The summed E-state index contributed by atoms with van der Waals surface area (Å²) in [5.41, 5.74) is 13.7. The summed E-state index contributed by atoms with van der Waals surface area (Å²) in [5, 5.41) is 0. The number of hydrogen-bond donors (Lipinski definition) is 1. The minimum Gasteiger partial charge on any atom is -0.497 e. The van der Waals surface area contributed by atoms with Gasteiger partial charge in [-0.2, -0.15) is 4.79 Å². The SMILES string of the molecule is C=C(OCC)[C@@H](N)CCC(=O)C=[N+]=[N-]. The van der Waals surface area contributed by atoms with Gasteiger partial charge in [-0.3, -0.25) is 4.79 Å². The van der Waals surface area contributed by atoms with Crippen LogP contribution in [0, 0.1) is 0 Å². The van der Waals surface area contributed by atoms with E-state index >= 15 is 0 Å². The van der Waals surface area contributed by atoms with Crippen LogP contribution in [0.1, 0.15) is 19.8 Å². The smallest absolute Gasteiger partial charge is 0.323 e. The molecule has 5 nitrogen and oxygen atoms in total. The third-order valence-electron chi connectivity index (χ3n) is 1.65. The van der Waals surface area contributed by atoms with Gasteiger partial charge in [0.05, 0.1) is 12.6 Å². The minimum atomic E-state index is -0.356. The van der Waals surface area contributed by atoms with E-state index in [9.17, 15) is 4.79 Å². The van der Waals surface area contributed by atoms with Gasteiger partial charge in [0.1, 0.15) is 5.76 Å². The minimum absolute atomic E-state index is 0.220. The van der Waals surface area contributed by atoms with Crippen molar-refractivity contribution in [2.45, 2.75) is 25.8 Å². The molecule has 14 heavy (non-hydrogen) atoms. The Hall–Kier alpha value is -1.45. The zero-order valence-electron chi connectivity index (χ0n) is 8.27. The number of Topliss-reactive ketones (excluding diaryl/α,β-unsaturated/α-hetero) is 1. The predicted molar refractivity (Wildman–Crippen MR) is 52.7 cm³/mol. The van der Waals surface area contributed by atoms with Gasteiger partial charge in [0.25, 0.3) is 0 Å². The Morgan fingerprint density at radius 1 is 1.79 bits per heavy atom. The molecule has 0 aromatic carbocycles. The van der Waals surface area contributed by atoms with Gasteiger partial charge < -0.3 is 16.0 Å². The molecule has 0 bridgehead atoms. The third-order valence-corrected chi connectivity index (χ3v) is 1.65. The summed E-state index contributed by atoms with van der Waals surface area (Å²) in [6.07, 6.45) is 1.51. The first-order chi connectivity index (χ1) is 6.61. The molecule has 0 heterocycles. The van der Waals surface area contributed by atoms with E-state index in [0.29, 0.717) is 18.8 Å². The van der Waals surface area contributed by atoms with Crippen LogP contribution in [0.4, 0.5) is 0 Å². The highest BCUT2D eigenvalue weighted by Gasteiger charge is 2.11. The summed E-state index contributed by atoms with van der Waals surface area (Å²) in [7, 11) is 0. The van der Waals surface area contributed by atoms with Gasteiger partial charge in [-0.05, 0) is 13.3 Å². The van der Waals surface area contributed by atoms with Crippen molar-refractivity contribution in [2.24, 2.45) is 5.73 Å². The lowest BCUT2D eigenvalue weighted by molar-refractivity contribution is -0.116. The van der Waals surface area contributed by atoms with Gasteiger partial charge in [-0.15, -0.1) is 0 Å². The molecule has 0 aliphatic rings. The maximum Gasteiger partial charge on any atom is 0.323 e. The standard InChI is InChI=1S/C9H15N3O2/c1-3-14-7(2)9(10)5-4-8(13)6-12-11/h6,9H,2-5,10H2,1H3/t9-/m0/s1. The summed E-state index contributed by atoms with van der Waals surface area (Å²) in [6.45, 7) is 5.97. The number of rotatable bonds is 7. The molecule has 0 amide bonds. The maximum atomic E-state index is 10.9. The summed E-state index contributed by atoms with van der Waals surface area (Å²) >= 11 is 0. The van der Waals surface area contributed by atoms with Crippen molar-refractivity contribution in [3.8, 4) is 0 Å². The second kappa shape index (κ2) is 7.00. The van der Waals surface area contributed by atoms with Crippen LogP contribution in [0.5, 0.6) is 0 Å². The monoisotopic (exact) mass is 197 g/mol. The van der Waals surface area contributed by atoms with Gasteiger partial charge in [0, 0.05) is 6.42 Å². The van der Waals surface area contributed by atoms with Crippen LogP contribution >= 0.6 is 0 Å². The highest BCUT2D eigenvalue weighted by Crippen LogP contribution is 2.05. The Kier molecular flexibility index (Phi) is 6.28. The first-order valence-corrected chi connectivity index (χ1v) is 4.39. The van der Waals surface area contributed by atoms with Crippen LogP contribution in [-0.4, -0.2) is 29.4 Å². The molecule has 0 fully saturated rings. The highest BCUT2D eigenvalue weighted by molar-refractivity contribution is 6.25. The summed E-state index contributed by atoms with van der Waals surface area (Å²) < 4.78 is 5.08. The normalized spacial score (nSPS) is 11.3. The number of carbonyl (C=O) groups is 1. The summed E-state index contributed by atoms with van der Waals surface area (Å²) in [6, 6.07) is -0.356. The average Bonchev–Trinajstić information content (AvgIpc) is 2.15. The van der Waals surface area contributed by atoms with Crippen LogP contribution in [0.3, 0.4) is 0 Å². The van der Waals surface area contributed by atoms with Crippen molar-refractivity contribution in [1.82, 2.24) is 0 Å². The molecule has 1 atom stereocenters. The molecule has 0 aliphatic heterocycles. The average molecular weight is 197 g/mol. The van der Waals surface area contributed by atoms with Crippen molar-refractivity contribution in [2.75, 3.05) is 6.61 Å². The quantitative estimate of drug-likeness (QED) is 0.279. The number of nitrogens with zero attached hydrogens (tertiary/aromatic N) is 2. The van der Waals surface area contributed by atoms with Gasteiger partial charge in [0.15, 0.2) is 0 Å². The molecule has 2 N–H and O–H groups in total. The molecule has 0 rings (SSSR count). The molecular weight excluding hydrogens is 182 g/mol. The van der Waals surface area contributed by atoms with Crippen molar-refractivity contribution >= 4 is 12.0 Å². The van der Waals surface area contributed by atoms with Gasteiger partial charge in [-0.25, -0.2) is 0 Å². The van der Waals surface area contributed by atoms with Crippen LogP contribution in [0.2, 0.25) is 0 Å². The van der Waals surface area contributed by atoms with E-state index in [1.807, 2.05) is 6.92 Å².